The fourth-order valence-electron chi connectivity index (χ4n) is 1.59. The maximum atomic E-state index is 11.6. The molecule has 0 spiro atoms. The van der Waals surface area contributed by atoms with Crippen LogP contribution in [0.15, 0.2) is 54.6 Å². The average molecular weight is 242 g/mol. The average Bonchev–Trinajstić information content (AvgIpc) is 2.40. The number of aryl methyl sites for hydroxylation is 1. The molecular weight excluding hydrogens is 228 g/mol. The largest absolute Gasteiger partial charge is 0.508 e. The van der Waals surface area contributed by atoms with E-state index in [1.54, 1.807) is 12.1 Å². The third kappa shape index (κ3) is 3.63. The molecule has 0 aliphatic carbocycles. The van der Waals surface area contributed by atoms with Crippen LogP contribution in [0.5, 0.6) is 11.5 Å². The van der Waals surface area contributed by atoms with Gasteiger partial charge in [0.05, 0.1) is 0 Å². The molecule has 2 rings (SSSR count). The molecule has 2 aromatic rings. The molecule has 92 valence electrons. The van der Waals surface area contributed by atoms with Gasteiger partial charge in [-0.05, 0) is 36.2 Å². The summed E-state index contributed by atoms with van der Waals surface area (Å²) in [5, 5.41) is 9.10. The van der Waals surface area contributed by atoms with Gasteiger partial charge in [0.1, 0.15) is 11.5 Å². The molecule has 0 saturated heterocycles. The molecule has 18 heavy (non-hydrogen) atoms. The van der Waals surface area contributed by atoms with E-state index < -0.39 is 0 Å². The highest BCUT2D eigenvalue weighted by atomic mass is 16.5. The van der Waals surface area contributed by atoms with Crippen molar-refractivity contribution >= 4 is 5.97 Å². The lowest BCUT2D eigenvalue weighted by Gasteiger charge is -2.04. The van der Waals surface area contributed by atoms with Gasteiger partial charge in [0.25, 0.3) is 0 Å². The third-order valence-electron chi connectivity index (χ3n) is 2.53. The normalized spacial score (nSPS) is 10.0. The number of aromatic hydroxyl groups is 1. The first-order valence-electron chi connectivity index (χ1n) is 5.78. The monoisotopic (exact) mass is 242 g/mol. The van der Waals surface area contributed by atoms with Gasteiger partial charge >= 0.3 is 5.97 Å². The Labute approximate surface area is 106 Å². The van der Waals surface area contributed by atoms with E-state index in [1.165, 1.54) is 12.1 Å². The topological polar surface area (TPSA) is 46.5 Å². The number of ether oxygens (including phenoxy) is 1. The van der Waals surface area contributed by atoms with E-state index in [0.717, 1.165) is 5.56 Å². The molecule has 0 heterocycles. The lowest BCUT2D eigenvalue weighted by atomic mass is 10.1. The van der Waals surface area contributed by atoms with E-state index in [1.807, 2.05) is 30.3 Å². The van der Waals surface area contributed by atoms with Gasteiger partial charge in [0.2, 0.25) is 0 Å². The molecule has 3 nitrogen and oxygen atoms in total. The second-order valence-corrected chi connectivity index (χ2v) is 3.95. The predicted octanol–water partition coefficient (Wildman–Crippen LogP) is 2.93. The van der Waals surface area contributed by atoms with Crippen molar-refractivity contribution in [3.8, 4) is 11.5 Å². The Balaban J connectivity index is 1.84. The summed E-state index contributed by atoms with van der Waals surface area (Å²) in [6, 6.07) is 15.9. The Morgan fingerprint density at radius 2 is 1.67 bits per heavy atom. The van der Waals surface area contributed by atoms with Crippen molar-refractivity contribution in [1.82, 2.24) is 0 Å². The Morgan fingerprint density at radius 3 is 2.33 bits per heavy atom. The molecule has 0 aliphatic heterocycles. The number of hydrogen-bond acceptors (Lipinski definition) is 3. The van der Waals surface area contributed by atoms with Crippen molar-refractivity contribution in [2.45, 2.75) is 12.8 Å². The zero-order chi connectivity index (χ0) is 12.8. The van der Waals surface area contributed by atoms with Gasteiger partial charge in [0.15, 0.2) is 0 Å². The summed E-state index contributed by atoms with van der Waals surface area (Å²) in [4.78, 5) is 11.6. The standard InChI is InChI=1S/C15H14O3/c16-13-7-9-14(10-8-13)18-15(17)11-6-12-4-2-1-3-5-12/h1-5,7-10,16H,6,11H2. The van der Waals surface area contributed by atoms with Crippen LogP contribution in [0.1, 0.15) is 12.0 Å². The second kappa shape index (κ2) is 5.87. The predicted molar refractivity (Wildman–Crippen MR) is 68.5 cm³/mol. The Bertz CT molecular complexity index is 503. The third-order valence-corrected chi connectivity index (χ3v) is 2.53. The molecule has 3 heteroatoms. The van der Waals surface area contributed by atoms with E-state index in [9.17, 15) is 4.79 Å². The summed E-state index contributed by atoms with van der Waals surface area (Å²) < 4.78 is 5.14. The van der Waals surface area contributed by atoms with Gasteiger partial charge in [0, 0.05) is 6.42 Å². The molecule has 0 radical (unpaired) electrons. The van der Waals surface area contributed by atoms with Crippen LogP contribution in [0, 0.1) is 0 Å². The number of phenolic OH excluding ortho intramolecular Hbond substituents is 1. The maximum Gasteiger partial charge on any atom is 0.311 e. The van der Waals surface area contributed by atoms with Gasteiger partial charge in [-0.3, -0.25) is 4.79 Å². The molecule has 0 aromatic heterocycles. The number of esters is 1. The number of carbonyl (C=O) groups is 1. The smallest absolute Gasteiger partial charge is 0.311 e. The molecule has 0 amide bonds. The van der Waals surface area contributed by atoms with Gasteiger partial charge in [-0.2, -0.15) is 0 Å². The minimum Gasteiger partial charge on any atom is -0.508 e. The highest BCUT2D eigenvalue weighted by molar-refractivity contribution is 5.72. The van der Waals surface area contributed by atoms with Crippen molar-refractivity contribution in [3.05, 3.63) is 60.2 Å². The number of carbonyl (C=O) groups excluding carboxylic acids is 1. The zero-order valence-corrected chi connectivity index (χ0v) is 9.87. The first-order valence-corrected chi connectivity index (χ1v) is 5.78. The number of hydrogen-bond donors (Lipinski definition) is 1. The molecule has 0 bridgehead atoms. The lowest BCUT2D eigenvalue weighted by Crippen LogP contribution is -2.08. The van der Waals surface area contributed by atoms with Crippen LogP contribution in [0.25, 0.3) is 0 Å². The summed E-state index contributed by atoms with van der Waals surface area (Å²) in [6.07, 6.45) is 1.00. The van der Waals surface area contributed by atoms with Gasteiger partial charge in [-0.15, -0.1) is 0 Å². The summed E-state index contributed by atoms with van der Waals surface area (Å²) in [7, 11) is 0. The van der Waals surface area contributed by atoms with Crippen molar-refractivity contribution in [3.63, 3.8) is 0 Å². The molecule has 0 unspecified atom stereocenters. The van der Waals surface area contributed by atoms with E-state index in [-0.39, 0.29) is 11.7 Å². The molecule has 2 aromatic carbocycles. The van der Waals surface area contributed by atoms with Crippen LogP contribution in [0.2, 0.25) is 0 Å². The summed E-state index contributed by atoms with van der Waals surface area (Å²) in [5.74, 6) is 0.328. The van der Waals surface area contributed by atoms with Crippen molar-refractivity contribution < 1.29 is 14.6 Å². The number of benzene rings is 2. The van der Waals surface area contributed by atoms with Crippen LogP contribution < -0.4 is 4.74 Å². The lowest BCUT2D eigenvalue weighted by molar-refractivity contribution is -0.134. The van der Waals surface area contributed by atoms with E-state index >= 15 is 0 Å². The van der Waals surface area contributed by atoms with Crippen molar-refractivity contribution in [2.75, 3.05) is 0 Å². The van der Waals surface area contributed by atoms with Crippen molar-refractivity contribution in [1.29, 1.82) is 0 Å². The van der Waals surface area contributed by atoms with E-state index in [0.29, 0.717) is 18.6 Å². The van der Waals surface area contributed by atoms with E-state index in [2.05, 4.69) is 0 Å². The first-order chi connectivity index (χ1) is 8.74. The van der Waals surface area contributed by atoms with Gasteiger partial charge in [-0.25, -0.2) is 0 Å². The van der Waals surface area contributed by atoms with Crippen LogP contribution >= 0.6 is 0 Å². The highest BCUT2D eigenvalue weighted by Crippen LogP contribution is 2.16. The first kappa shape index (κ1) is 12.2. The quantitative estimate of drug-likeness (QED) is 0.662. The molecule has 0 fully saturated rings. The second-order valence-electron chi connectivity index (χ2n) is 3.95. The SMILES string of the molecule is O=C(CCc1ccccc1)Oc1ccc(O)cc1. The fourth-order valence-corrected chi connectivity index (χ4v) is 1.59. The van der Waals surface area contributed by atoms with Gasteiger partial charge in [-0.1, -0.05) is 30.3 Å². The highest BCUT2D eigenvalue weighted by Gasteiger charge is 2.05. The maximum absolute atomic E-state index is 11.6. The van der Waals surface area contributed by atoms with Crippen LogP contribution in [-0.2, 0) is 11.2 Å². The summed E-state index contributed by atoms with van der Waals surface area (Å²) >= 11 is 0. The minimum absolute atomic E-state index is 0.152. The molecule has 0 aliphatic rings. The number of rotatable bonds is 4. The summed E-state index contributed by atoms with van der Waals surface area (Å²) in [5.41, 5.74) is 1.11. The zero-order valence-electron chi connectivity index (χ0n) is 9.87. The minimum atomic E-state index is -0.274. The Hall–Kier alpha value is -2.29. The van der Waals surface area contributed by atoms with E-state index in [4.69, 9.17) is 9.84 Å². The van der Waals surface area contributed by atoms with Crippen molar-refractivity contribution in [2.24, 2.45) is 0 Å². The summed E-state index contributed by atoms with van der Waals surface area (Å²) in [6.45, 7) is 0. The Kier molecular flexibility index (Phi) is 3.97. The number of phenols is 1. The molecule has 1 N–H and O–H groups in total. The van der Waals surface area contributed by atoms with Crippen LogP contribution in [-0.4, -0.2) is 11.1 Å². The molecule has 0 saturated carbocycles. The molecular formula is C15H14O3. The van der Waals surface area contributed by atoms with Crippen LogP contribution in [0.4, 0.5) is 0 Å². The van der Waals surface area contributed by atoms with Crippen LogP contribution in [0.3, 0.4) is 0 Å². The Morgan fingerprint density at radius 1 is 1.00 bits per heavy atom. The van der Waals surface area contributed by atoms with Gasteiger partial charge < -0.3 is 9.84 Å². The molecule has 0 atom stereocenters. The fraction of sp³-hybridized carbons (Fsp3) is 0.133.